The SMILES string of the molecule is CCOc1ccc(-c2[nH]c3c(CC)cccc3c2CC(=O)O)cc1. The number of aryl methyl sites for hydroxylation is 1. The Kier molecular flexibility index (Phi) is 4.56. The zero-order valence-corrected chi connectivity index (χ0v) is 13.9. The van der Waals surface area contributed by atoms with Crippen molar-refractivity contribution in [2.45, 2.75) is 26.7 Å². The Labute approximate surface area is 141 Å². The van der Waals surface area contributed by atoms with Crippen molar-refractivity contribution in [2.24, 2.45) is 0 Å². The number of para-hydroxylation sites is 1. The van der Waals surface area contributed by atoms with Crippen molar-refractivity contribution < 1.29 is 14.6 Å². The minimum absolute atomic E-state index is 0.00425. The van der Waals surface area contributed by atoms with Gasteiger partial charge < -0.3 is 14.8 Å². The fourth-order valence-electron chi connectivity index (χ4n) is 3.09. The van der Waals surface area contributed by atoms with Crippen molar-refractivity contribution in [3.05, 3.63) is 53.6 Å². The molecule has 2 aromatic carbocycles. The molecule has 0 radical (unpaired) electrons. The molecule has 0 aliphatic heterocycles. The molecule has 0 fully saturated rings. The number of fused-ring (bicyclic) bond motifs is 1. The van der Waals surface area contributed by atoms with Crippen molar-refractivity contribution in [2.75, 3.05) is 6.61 Å². The molecule has 1 aromatic heterocycles. The summed E-state index contributed by atoms with van der Waals surface area (Å²) in [6.45, 7) is 4.67. The van der Waals surface area contributed by atoms with Gasteiger partial charge in [0.2, 0.25) is 0 Å². The van der Waals surface area contributed by atoms with Gasteiger partial charge in [0.1, 0.15) is 5.75 Å². The molecule has 0 aliphatic carbocycles. The molecule has 3 rings (SSSR count). The van der Waals surface area contributed by atoms with Gasteiger partial charge in [-0.15, -0.1) is 0 Å². The number of aliphatic carboxylic acids is 1. The van der Waals surface area contributed by atoms with Gasteiger partial charge in [-0.2, -0.15) is 0 Å². The lowest BCUT2D eigenvalue weighted by Gasteiger charge is -2.06. The summed E-state index contributed by atoms with van der Waals surface area (Å²) in [7, 11) is 0. The number of carbonyl (C=O) groups is 1. The van der Waals surface area contributed by atoms with E-state index >= 15 is 0 Å². The third-order valence-corrected chi connectivity index (χ3v) is 4.19. The van der Waals surface area contributed by atoms with E-state index in [1.54, 1.807) is 0 Å². The lowest BCUT2D eigenvalue weighted by atomic mass is 10.0. The summed E-state index contributed by atoms with van der Waals surface area (Å²) in [4.78, 5) is 14.8. The van der Waals surface area contributed by atoms with E-state index in [0.29, 0.717) is 6.61 Å². The van der Waals surface area contributed by atoms with Crippen molar-refractivity contribution in [3.8, 4) is 17.0 Å². The van der Waals surface area contributed by atoms with Gasteiger partial charge in [0.15, 0.2) is 0 Å². The fourth-order valence-corrected chi connectivity index (χ4v) is 3.09. The molecule has 24 heavy (non-hydrogen) atoms. The van der Waals surface area contributed by atoms with E-state index in [1.807, 2.05) is 43.3 Å². The van der Waals surface area contributed by atoms with Crippen molar-refractivity contribution in [3.63, 3.8) is 0 Å². The van der Waals surface area contributed by atoms with Crippen LogP contribution in [0, 0.1) is 0 Å². The van der Waals surface area contributed by atoms with Gasteiger partial charge >= 0.3 is 5.97 Å². The Morgan fingerprint density at radius 2 is 1.88 bits per heavy atom. The van der Waals surface area contributed by atoms with Crippen LogP contribution in [0.15, 0.2) is 42.5 Å². The summed E-state index contributed by atoms with van der Waals surface area (Å²) in [6.07, 6.45) is 0.892. The van der Waals surface area contributed by atoms with Gasteiger partial charge in [0, 0.05) is 10.9 Å². The first-order valence-electron chi connectivity index (χ1n) is 8.21. The molecule has 3 aromatic rings. The number of H-pyrrole nitrogens is 1. The highest BCUT2D eigenvalue weighted by atomic mass is 16.5. The number of hydrogen-bond donors (Lipinski definition) is 2. The number of benzene rings is 2. The van der Waals surface area contributed by atoms with Crippen LogP contribution in [0.4, 0.5) is 0 Å². The Morgan fingerprint density at radius 3 is 2.50 bits per heavy atom. The van der Waals surface area contributed by atoms with E-state index in [-0.39, 0.29) is 6.42 Å². The summed E-state index contributed by atoms with van der Waals surface area (Å²) in [5.41, 5.74) is 4.89. The topological polar surface area (TPSA) is 62.3 Å². The van der Waals surface area contributed by atoms with Crippen LogP contribution in [-0.2, 0) is 17.6 Å². The van der Waals surface area contributed by atoms with Crippen molar-refractivity contribution in [1.82, 2.24) is 4.98 Å². The van der Waals surface area contributed by atoms with Gasteiger partial charge in [-0.1, -0.05) is 25.1 Å². The molecular weight excluding hydrogens is 302 g/mol. The zero-order chi connectivity index (χ0) is 17.1. The summed E-state index contributed by atoms with van der Waals surface area (Å²) in [5, 5.41) is 10.3. The number of ether oxygens (including phenoxy) is 1. The molecule has 4 nitrogen and oxygen atoms in total. The zero-order valence-electron chi connectivity index (χ0n) is 13.9. The van der Waals surface area contributed by atoms with Crippen LogP contribution >= 0.6 is 0 Å². The number of hydrogen-bond acceptors (Lipinski definition) is 2. The Hall–Kier alpha value is -2.75. The summed E-state index contributed by atoms with van der Waals surface area (Å²) >= 11 is 0. The van der Waals surface area contributed by atoms with Crippen LogP contribution < -0.4 is 4.74 Å². The van der Waals surface area contributed by atoms with Gasteiger partial charge in [-0.3, -0.25) is 4.79 Å². The minimum Gasteiger partial charge on any atom is -0.494 e. The fraction of sp³-hybridized carbons (Fsp3) is 0.250. The normalized spacial score (nSPS) is 10.9. The minimum atomic E-state index is -0.829. The molecule has 0 aliphatic rings. The number of carboxylic acid groups (broad SMARTS) is 1. The van der Waals surface area contributed by atoms with Gasteiger partial charge in [0.25, 0.3) is 0 Å². The number of aromatic nitrogens is 1. The molecule has 0 amide bonds. The van der Waals surface area contributed by atoms with E-state index < -0.39 is 5.97 Å². The molecule has 0 saturated carbocycles. The quantitative estimate of drug-likeness (QED) is 0.705. The average Bonchev–Trinajstić information content (AvgIpc) is 2.94. The third-order valence-electron chi connectivity index (χ3n) is 4.19. The molecule has 0 atom stereocenters. The van der Waals surface area contributed by atoms with E-state index in [0.717, 1.165) is 39.9 Å². The largest absolute Gasteiger partial charge is 0.494 e. The maximum absolute atomic E-state index is 11.4. The van der Waals surface area contributed by atoms with Crippen LogP contribution in [0.3, 0.4) is 0 Å². The molecule has 2 N–H and O–H groups in total. The number of nitrogens with one attached hydrogen (secondary N) is 1. The highest BCUT2D eigenvalue weighted by Crippen LogP contribution is 2.33. The van der Waals surface area contributed by atoms with Crippen LogP contribution in [0.5, 0.6) is 5.75 Å². The maximum Gasteiger partial charge on any atom is 0.307 e. The van der Waals surface area contributed by atoms with E-state index in [9.17, 15) is 9.90 Å². The van der Waals surface area contributed by atoms with Crippen LogP contribution in [0.25, 0.3) is 22.2 Å². The van der Waals surface area contributed by atoms with Crippen molar-refractivity contribution in [1.29, 1.82) is 0 Å². The van der Waals surface area contributed by atoms with Gasteiger partial charge in [-0.05, 0) is 54.3 Å². The molecule has 0 spiro atoms. The summed E-state index contributed by atoms with van der Waals surface area (Å²) < 4.78 is 5.48. The molecule has 124 valence electrons. The Morgan fingerprint density at radius 1 is 1.12 bits per heavy atom. The lowest BCUT2D eigenvalue weighted by molar-refractivity contribution is -0.136. The van der Waals surface area contributed by atoms with Crippen LogP contribution in [-0.4, -0.2) is 22.7 Å². The van der Waals surface area contributed by atoms with E-state index in [2.05, 4.69) is 18.0 Å². The van der Waals surface area contributed by atoms with Gasteiger partial charge in [-0.25, -0.2) is 0 Å². The Balaban J connectivity index is 2.16. The average molecular weight is 323 g/mol. The first kappa shape index (κ1) is 16.1. The molecule has 0 bridgehead atoms. The molecule has 4 heteroatoms. The highest BCUT2D eigenvalue weighted by Gasteiger charge is 2.17. The molecule has 0 saturated heterocycles. The molecule has 1 heterocycles. The first-order chi connectivity index (χ1) is 11.6. The van der Waals surface area contributed by atoms with Crippen LogP contribution in [0.2, 0.25) is 0 Å². The second-order valence-corrected chi connectivity index (χ2v) is 5.70. The lowest BCUT2D eigenvalue weighted by Crippen LogP contribution is -2.01. The molecule has 0 unspecified atom stereocenters. The second kappa shape index (κ2) is 6.79. The smallest absolute Gasteiger partial charge is 0.307 e. The van der Waals surface area contributed by atoms with E-state index in [4.69, 9.17) is 4.74 Å². The predicted molar refractivity (Wildman–Crippen MR) is 95.6 cm³/mol. The summed E-state index contributed by atoms with van der Waals surface area (Å²) in [5.74, 6) is -0.0172. The highest BCUT2D eigenvalue weighted by molar-refractivity contribution is 5.95. The van der Waals surface area contributed by atoms with Crippen LogP contribution in [0.1, 0.15) is 25.0 Å². The second-order valence-electron chi connectivity index (χ2n) is 5.70. The van der Waals surface area contributed by atoms with E-state index in [1.165, 1.54) is 5.56 Å². The monoisotopic (exact) mass is 323 g/mol. The number of aromatic amines is 1. The number of carboxylic acids is 1. The maximum atomic E-state index is 11.4. The third kappa shape index (κ3) is 3.00. The first-order valence-corrected chi connectivity index (χ1v) is 8.21. The number of rotatable bonds is 6. The predicted octanol–water partition coefficient (Wildman–Crippen LogP) is 4.42. The van der Waals surface area contributed by atoms with Gasteiger partial charge in [0.05, 0.1) is 18.7 Å². The van der Waals surface area contributed by atoms with Crippen molar-refractivity contribution >= 4 is 16.9 Å². The summed E-state index contributed by atoms with van der Waals surface area (Å²) in [6, 6.07) is 13.8. The standard InChI is InChI=1S/C20H21NO3/c1-3-13-6-5-7-16-17(12-18(22)23)20(21-19(13)16)14-8-10-15(11-9-14)24-4-2/h5-11,21H,3-4,12H2,1-2H3,(H,22,23). The molecular formula is C20H21NO3. The Bertz CT molecular complexity index is 862.